The third-order valence-electron chi connectivity index (χ3n) is 3.80. The van der Waals surface area contributed by atoms with Gasteiger partial charge in [0.05, 0.1) is 16.2 Å². The van der Waals surface area contributed by atoms with Gasteiger partial charge < -0.3 is 5.73 Å². The van der Waals surface area contributed by atoms with E-state index in [1.807, 2.05) is 41.7 Å². The number of amides is 3. The van der Waals surface area contributed by atoms with Crippen molar-refractivity contribution in [2.45, 2.75) is 17.3 Å². The summed E-state index contributed by atoms with van der Waals surface area (Å²) >= 11 is 1.09. The monoisotopic (exact) mass is 356 g/mol. The highest BCUT2D eigenvalue weighted by Crippen LogP contribution is 2.24. The standard InChI is InChI=1S/C17H16N4O3S/c1-9(14(22)20-16(18)24)25-17-19-13-8-11-6-4-3-5-10(11)7-12(13)15(23)21(17)2/h3-9H,1-2H3,(H3,18,20,22,24)/t9-/m0/s1. The molecule has 25 heavy (non-hydrogen) atoms. The third kappa shape index (κ3) is 3.34. The molecule has 3 aromatic rings. The first-order valence-corrected chi connectivity index (χ1v) is 8.41. The van der Waals surface area contributed by atoms with Crippen molar-refractivity contribution in [1.82, 2.24) is 14.9 Å². The van der Waals surface area contributed by atoms with E-state index in [0.29, 0.717) is 16.1 Å². The Morgan fingerprint density at radius 3 is 2.52 bits per heavy atom. The molecule has 2 aromatic carbocycles. The average molecular weight is 356 g/mol. The van der Waals surface area contributed by atoms with Crippen molar-refractivity contribution >= 4 is 45.4 Å². The molecular weight excluding hydrogens is 340 g/mol. The normalized spacial score (nSPS) is 12.2. The number of imide groups is 1. The van der Waals surface area contributed by atoms with Gasteiger partial charge in [-0.2, -0.15) is 0 Å². The van der Waals surface area contributed by atoms with E-state index >= 15 is 0 Å². The SMILES string of the molecule is C[C@H](Sc1nc2cc3ccccc3cc2c(=O)n1C)C(=O)NC(N)=O. The lowest BCUT2D eigenvalue weighted by atomic mass is 10.1. The molecule has 1 aromatic heterocycles. The molecule has 0 saturated heterocycles. The van der Waals surface area contributed by atoms with E-state index in [0.717, 1.165) is 22.5 Å². The van der Waals surface area contributed by atoms with Gasteiger partial charge in [-0.15, -0.1) is 0 Å². The summed E-state index contributed by atoms with van der Waals surface area (Å²) in [6, 6.07) is 10.5. The quantitative estimate of drug-likeness (QED) is 0.422. The zero-order valence-corrected chi connectivity index (χ0v) is 14.5. The van der Waals surface area contributed by atoms with Crippen LogP contribution in [0, 0.1) is 0 Å². The summed E-state index contributed by atoms with van der Waals surface area (Å²) in [4.78, 5) is 39.8. The predicted octanol–water partition coefficient (Wildman–Crippen LogP) is 1.76. The van der Waals surface area contributed by atoms with E-state index < -0.39 is 17.2 Å². The molecule has 0 spiro atoms. The number of urea groups is 1. The van der Waals surface area contributed by atoms with Crippen molar-refractivity contribution in [3.8, 4) is 0 Å². The number of aromatic nitrogens is 2. The Labute approximate surface area is 147 Å². The minimum Gasteiger partial charge on any atom is -0.351 e. The summed E-state index contributed by atoms with van der Waals surface area (Å²) in [6.45, 7) is 1.61. The number of hydrogen-bond acceptors (Lipinski definition) is 5. The van der Waals surface area contributed by atoms with Crippen molar-refractivity contribution in [3.63, 3.8) is 0 Å². The summed E-state index contributed by atoms with van der Waals surface area (Å²) in [5.74, 6) is -0.537. The van der Waals surface area contributed by atoms with Gasteiger partial charge in [-0.05, 0) is 29.8 Å². The average Bonchev–Trinajstić information content (AvgIpc) is 2.57. The maximum absolute atomic E-state index is 12.7. The van der Waals surface area contributed by atoms with Crippen molar-refractivity contribution in [2.24, 2.45) is 12.8 Å². The molecule has 0 aliphatic heterocycles. The van der Waals surface area contributed by atoms with Gasteiger partial charge in [0.25, 0.3) is 5.56 Å². The van der Waals surface area contributed by atoms with Crippen LogP contribution in [0.2, 0.25) is 0 Å². The second-order valence-corrected chi connectivity index (χ2v) is 6.90. The summed E-state index contributed by atoms with van der Waals surface area (Å²) in [6.07, 6.45) is 0. The number of nitrogens with zero attached hydrogens (tertiary/aromatic N) is 2. The molecule has 8 heteroatoms. The molecule has 1 atom stereocenters. The van der Waals surface area contributed by atoms with Gasteiger partial charge in [-0.1, -0.05) is 36.0 Å². The minimum absolute atomic E-state index is 0.194. The molecule has 128 valence electrons. The van der Waals surface area contributed by atoms with Crippen LogP contribution in [0.1, 0.15) is 6.92 Å². The zero-order chi connectivity index (χ0) is 18.1. The molecule has 0 aliphatic rings. The molecule has 3 rings (SSSR count). The first kappa shape index (κ1) is 17.0. The van der Waals surface area contributed by atoms with E-state index in [2.05, 4.69) is 4.98 Å². The van der Waals surface area contributed by atoms with E-state index in [1.165, 1.54) is 4.57 Å². The molecule has 0 bridgehead atoms. The molecule has 1 heterocycles. The van der Waals surface area contributed by atoms with Gasteiger partial charge in [0, 0.05) is 7.05 Å². The van der Waals surface area contributed by atoms with Gasteiger partial charge in [0.2, 0.25) is 5.91 Å². The first-order chi connectivity index (χ1) is 11.9. The fourth-order valence-electron chi connectivity index (χ4n) is 2.48. The number of carbonyl (C=O) groups excluding carboxylic acids is 2. The van der Waals surface area contributed by atoms with Gasteiger partial charge in [-0.3, -0.25) is 19.5 Å². The Morgan fingerprint density at radius 2 is 1.88 bits per heavy atom. The second kappa shape index (κ2) is 6.56. The minimum atomic E-state index is -0.913. The molecule has 3 amide bonds. The van der Waals surface area contributed by atoms with Crippen molar-refractivity contribution in [2.75, 3.05) is 0 Å². The van der Waals surface area contributed by atoms with Crippen LogP contribution in [0.25, 0.3) is 21.7 Å². The second-order valence-electron chi connectivity index (χ2n) is 5.59. The Bertz CT molecular complexity index is 1060. The van der Waals surface area contributed by atoms with E-state index in [9.17, 15) is 14.4 Å². The van der Waals surface area contributed by atoms with E-state index in [4.69, 9.17) is 5.73 Å². The Balaban J connectivity index is 2.05. The van der Waals surface area contributed by atoms with Crippen LogP contribution in [-0.2, 0) is 11.8 Å². The fraction of sp³-hybridized carbons (Fsp3) is 0.176. The van der Waals surface area contributed by atoms with Crippen molar-refractivity contribution < 1.29 is 9.59 Å². The van der Waals surface area contributed by atoms with Crippen molar-refractivity contribution in [1.29, 1.82) is 0 Å². The number of nitrogens with two attached hydrogens (primary N) is 1. The lowest BCUT2D eigenvalue weighted by molar-refractivity contribution is -0.119. The fourth-order valence-corrected chi connectivity index (χ4v) is 3.35. The number of nitrogens with one attached hydrogen (secondary N) is 1. The number of primary amides is 1. The Hall–Kier alpha value is -2.87. The third-order valence-corrected chi connectivity index (χ3v) is 4.94. The smallest absolute Gasteiger partial charge is 0.318 e. The van der Waals surface area contributed by atoms with E-state index in [1.54, 1.807) is 14.0 Å². The summed E-state index contributed by atoms with van der Waals surface area (Å²) in [5.41, 5.74) is 5.32. The van der Waals surface area contributed by atoms with E-state index in [-0.39, 0.29) is 5.56 Å². The topological polar surface area (TPSA) is 107 Å². The number of rotatable bonds is 3. The molecule has 0 saturated carbocycles. The van der Waals surface area contributed by atoms with Crippen LogP contribution < -0.4 is 16.6 Å². The van der Waals surface area contributed by atoms with Crippen LogP contribution in [-0.4, -0.2) is 26.7 Å². The summed E-state index contributed by atoms with van der Waals surface area (Å²) < 4.78 is 1.40. The van der Waals surface area contributed by atoms with Gasteiger partial charge in [-0.25, -0.2) is 9.78 Å². The Morgan fingerprint density at radius 1 is 1.24 bits per heavy atom. The highest BCUT2D eigenvalue weighted by Gasteiger charge is 2.19. The Kier molecular flexibility index (Phi) is 4.45. The number of fused-ring (bicyclic) bond motifs is 2. The number of hydrogen-bond donors (Lipinski definition) is 2. The molecule has 3 N–H and O–H groups in total. The largest absolute Gasteiger partial charge is 0.351 e. The molecule has 0 radical (unpaired) electrons. The number of carbonyl (C=O) groups is 2. The molecule has 7 nitrogen and oxygen atoms in total. The summed E-state index contributed by atoms with van der Waals surface area (Å²) in [7, 11) is 1.60. The van der Waals surface area contributed by atoms with Crippen LogP contribution in [0.5, 0.6) is 0 Å². The number of benzene rings is 2. The molecular formula is C17H16N4O3S. The van der Waals surface area contributed by atoms with Gasteiger partial charge in [0.15, 0.2) is 5.16 Å². The van der Waals surface area contributed by atoms with Crippen molar-refractivity contribution in [3.05, 3.63) is 46.8 Å². The van der Waals surface area contributed by atoms with Crippen LogP contribution in [0.15, 0.2) is 46.3 Å². The lowest BCUT2D eigenvalue weighted by Crippen LogP contribution is -2.39. The molecule has 0 fully saturated rings. The van der Waals surface area contributed by atoms with Crippen LogP contribution in [0.4, 0.5) is 4.79 Å². The maximum Gasteiger partial charge on any atom is 0.318 e. The number of thioether (sulfide) groups is 1. The van der Waals surface area contributed by atoms with Crippen LogP contribution in [0.3, 0.4) is 0 Å². The molecule has 0 unspecified atom stereocenters. The summed E-state index contributed by atoms with van der Waals surface area (Å²) in [5, 5.41) is 4.23. The zero-order valence-electron chi connectivity index (χ0n) is 13.6. The van der Waals surface area contributed by atoms with Gasteiger partial charge >= 0.3 is 6.03 Å². The highest BCUT2D eigenvalue weighted by atomic mass is 32.2. The maximum atomic E-state index is 12.7. The molecule has 0 aliphatic carbocycles. The van der Waals surface area contributed by atoms with Crippen LogP contribution >= 0.6 is 11.8 Å². The lowest BCUT2D eigenvalue weighted by Gasteiger charge is -2.13. The predicted molar refractivity (Wildman–Crippen MR) is 97.5 cm³/mol. The van der Waals surface area contributed by atoms with Gasteiger partial charge in [0.1, 0.15) is 0 Å². The highest BCUT2D eigenvalue weighted by molar-refractivity contribution is 8.00. The first-order valence-electron chi connectivity index (χ1n) is 7.53.